The van der Waals surface area contributed by atoms with Crippen molar-refractivity contribution in [1.82, 2.24) is 30.5 Å². The van der Waals surface area contributed by atoms with E-state index < -0.39 is 0 Å². The van der Waals surface area contributed by atoms with E-state index >= 15 is 0 Å². The third kappa shape index (κ3) is 4.39. The van der Waals surface area contributed by atoms with Crippen LogP contribution in [0.15, 0.2) is 23.8 Å². The number of aryl methyl sites for hydroxylation is 2. The fourth-order valence-corrected chi connectivity index (χ4v) is 4.14. The third-order valence-corrected chi connectivity index (χ3v) is 5.63. The van der Waals surface area contributed by atoms with Gasteiger partial charge in [-0.2, -0.15) is 5.10 Å². The summed E-state index contributed by atoms with van der Waals surface area (Å²) < 4.78 is 0. The van der Waals surface area contributed by atoms with E-state index in [2.05, 4.69) is 30.5 Å². The number of thiazole rings is 1. The van der Waals surface area contributed by atoms with Crippen molar-refractivity contribution in [3.63, 3.8) is 0 Å². The van der Waals surface area contributed by atoms with Crippen LogP contribution in [0.3, 0.4) is 0 Å². The van der Waals surface area contributed by atoms with Crippen LogP contribution in [0.2, 0.25) is 0 Å². The molecule has 0 saturated carbocycles. The predicted octanol–water partition coefficient (Wildman–Crippen LogP) is 2.49. The summed E-state index contributed by atoms with van der Waals surface area (Å²) >= 11 is 1.52. The van der Waals surface area contributed by atoms with Gasteiger partial charge in [-0.3, -0.25) is 9.89 Å². The average Bonchev–Trinajstić information content (AvgIpc) is 3.34. The largest absolute Gasteiger partial charge is 0.356 e. The van der Waals surface area contributed by atoms with E-state index in [0.29, 0.717) is 31.6 Å². The number of aromatic amines is 1. The van der Waals surface area contributed by atoms with Crippen LogP contribution in [0, 0.1) is 0 Å². The van der Waals surface area contributed by atoms with E-state index in [4.69, 9.17) is 0 Å². The number of amides is 1. The third-order valence-electron chi connectivity index (χ3n) is 4.74. The number of nitrogens with zero attached hydrogens (tertiary/aromatic N) is 4. The molecule has 27 heavy (non-hydrogen) atoms. The summed E-state index contributed by atoms with van der Waals surface area (Å²) in [6, 6.07) is 1.78. The number of nitrogens with one attached hydrogen (secondary N) is 2. The van der Waals surface area contributed by atoms with Gasteiger partial charge in [0.1, 0.15) is 0 Å². The van der Waals surface area contributed by atoms with Crippen LogP contribution in [-0.4, -0.2) is 37.6 Å². The molecule has 0 radical (unpaired) electrons. The Kier molecular flexibility index (Phi) is 5.53. The van der Waals surface area contributed by atoms with Gasteiger partial charge in [0.05, 0.1) is 11.4 Å². The Hall–Kier alpha value is -2.61. The molecule has 3 aromatic rings. The quantitative estimate of drug-likeness (QED) is 0.654. The Morgan fingerprint density at radius 1 is 1.19 bits per heavy atom. The molecule has 1 amide bonds. The standard InChI is InChI=1S/C19H22N6OS/c26-17(7-6-16-14-4-1-2-5-15(14)24-25-16)20-11-8-13-12-27-19(23-13)18-21-9-3-10-22-18/h3,9-10,12H,1-2,4-8,11H2,(H,20,26)(H,24,25). The summed E-state index contributed by atoms with van der Waals surface area (Å²) in [5.74, 6) is 0.699. The van der Waals surface area contributed by atoms with Crippen molar-refractivity contribution in [1.29, 1.82) is 0 Å². The van der Waals surface area contributed by atoms with Gasteiger partial charge in [-0.15, -0.1) is 11.3 Å². The molecular weight excluding hydrogens is 360 g/mol. The summed E-state index contributed by atoms with van der Waals surface area (Å²) in [7, 11) is 0. The van der Waals surface area contributed by atoms with Crippen molar-refractivity contribution < 1.29 is 4.79 Å². The SMILES string of the molecule is O=C(CCc1n[nH]c2c1CCCC2)NCCc1csc(-c2ncccn2)n1. The van der Waals surface area contributed by atoms with E-state index in [9.17, 15) is 4.79 Å². The van der Waals surface area contributed by atoms with Crippen LogP contribution in [0.4, 0.5) is 0 Å². The van der Waals surface area contributed by atoms with Crippen LogP contribution in [-0.2, 0) is 30.5 Å². The minimum absolute atomic E-state index is 0.0596. The van der Waals surface area contributed by atoms with Crippen LogP contribution in [0.25, 0.3) is 10.8 Å². The Morgan fingerprint density at radius 3 is 2.93 bits per heavy atom. The first-order valence-corrected chi connectivity index (χ1v) is 10.2. The Morgan fingerprint density at radius 2 is 2.04 bits per heavy atom. The number of hydrogen-bond donors (Lipinski definition) is 2. The minimum atomic E-state index is 0.0596. The summed E-state index contributed by atoms with van der Waals surface area (Å²) in [4.78, 5) is 25.1. The molecule has 3 heterocycles. The highest BCUT2D eigenvalue weighted by Gasteiger charge is 2.17. The maximum atomic E-state index is 12.1. The average molecular weight is 382 g/mol. The molecule has 0 fully saturated rings. The summed E-state index contributed by atoms with van der Waals surface area (Å²) in [6.45, 7) is 0.580. The zero-order valence-corrected chi connectivity index (χ0v) is 15.9. The molecule has 0 aromatic carbocycles. The van der Waals surface area contributed by atoms with Crippen molar-refractivity contribution in [3.05, 3.63) is 46.5 Å². The first kappa shape index (κ1) is 17.8. The fourth-order valence-electron chi connectivity index (χ4n) is 3.34. The number of hydrogen-bond acceptors (Lipinski definition) is 6. The lowest BCUT2D eigenvalue weighted by Crippen LogP contribution is -2.26. The van der Waals surface area contributed by atoms with E-state index in [1.165, 1.54) is 35.4 Å². The Bertz CT molecular complexity index is 904. The Balaban J connectivity index is 1.22. The molecule has 0 saturated heterocycles. The number of fused-ring (bicyclic) bond motifs is 1. The number of rotatable bonds is 7. The molecule has 0 unspecified atom stereocenters. The highest BCUT2D eigenvalue weighted by atomic mass is 32.1. The van der Waals surface area contributed by atoms with E-state index in [-0.39, 0.29) is 5.91 Å². The zero-order chi connectivity index (χ0) is 18.5. The molecule has 1 aliphatic carbocycles. The first-order valence-electron chi connectivity index (χ1n) is 9.33. The summed E-state index contributed by atoms with van der Waals surface area (Å²) in [5, 5.41) is 13.3. The molecule has 0 atom stereocenters. The normalized spacial score (nSPS) is 13.3. The fraction of sp³-hybridized carbons (Fsp3) is 0.421. The number of aromatic nitrogens is 5. The van der Waals surface area contributed by atoms with Gasteiger partial charge in [0.2, 0.25) is 5.91 Å². The molecule has 0 bridgehead atoms. The van der Waals surface area contributed by atoms with Gasteiger partial charge >= 0.3 is 0 Å². The molecule has 1 aliphatic rings. The second-order valence-electron chi connectivity index (χ2n) is 6.65. The van der Waals surface area contributed by atoms with Crippen molar-refractivity contribution in [2.75, 3.05) is 6.54 Å². The van der Waals surface area contributed by atoms with E-state index in [1.54, 1.807) is 18.5 Å². The number of H-pyrrole nitrogens is 1. The van der Waals surface area contributed by atoms with Crippen molar-refractivity contribution in [3.8, 4) is 10.8 Å². The van der Waals surface area contributed by atoms with Gasteiger partial charge in [-0.05, 0) is 37.3 Å². The molecule has 0 aliphatic heterocycles. The molecule has 7 nitrogen and oxygen atoms in total. The second kappa shape index (κ2) is 8.39. The smallest absolute Gasteiger partial charge is 0.220 e. The molecule has 0 spiro atoms. The predicted molar refractivity (Wildman–Crippen MR) is 103 cm³/mol. The second-order valence-corrected chi connectivity index (χ2v) is 7.51. The highest BCUT2D eigenvalue weighted by Crippen LogP contribution is 2.23. The number of carbonyl (C=O) groups is 1. The van der Waals surface area contributed by atoms with E-state index in [1.807, 2.05) is 5.38 Å². The monoisotopic (exact) mass is 382 g/mol. The topological polar surface area (TPSA) is 96.5 Å². The molecule has 3 aromatic heterocycles. The molecule has 2 N–H and O–H groups in total. The van der Waals surface area contributed by atoms with Gasteiger partial charge in [-0.1, -0.05) is 0 Å². The van der Waals surface area contributed by atoms with Gasteiger partial charge in [0, 0.05) is 49.3 Å². The van der Waals surface area contributed by atoms with Crippen molar-refractivity contribution in [2.45, 2.75) is 44.9 Å². The van der Waals surface area contributed by atoms with Crippen LogP contribution in [0.1, 0.15) is 41.9 Å². The van der Waals surface area contributed by atoms with Crippen molar-refractivity contribution >= 4 is 17.2 Å². The maximum Gasteiger partial charge on any atom is 0.220 e. The van der Waals surface area contributed by atoms with Gasteiger partial charge < -0.3 is 5.32 Å². The lowest BCUT2D eigenvalue weighted by Gasteiger charge is -2.11. The van der Waals surface area contributed by atoms with Crippen LogP contribution in [0.5, 0.6) is 0 Å². The summed E-state index contributed by atoms with van der Waals surface area (Å²) in [5.41, 5.74) is 4.61. The minimum Gasteiger partial charge on any atom is -0.356 e. The highest BCUT2D eigenvalue weighted by molar-refractivity contribution is 7.13. The number of carbonyl (C=O) groups excluding carboxylic acids is 1. The Labute approximate surface area is 161 Å². The molecular formula is C19H22N6OS. The lowest BCUT2D eigenvalue weighted by atomic mass is 9.94. The lowest BCUT2D eigenvalue weighted by molar-refractivity contribution is -0.121. The van der Waals surface area contributed by atoms with Gasteiger partial charge in [0.15, 0.2) is 10.8 Å². The summed E-state index contributed by atoms with van der Waals surface area (Å²) in [6.07, 6.45) is 9.89. The van der Waals surface area contributed by atoms with Gasteiger partial charge in [-0.25, -0.2) is 15.0 Å². The first-order chi connectivity index (χ1) is 13.3. The van der Waals surface area contributed by atoms with E-state index in [0.717, 1.165) is 29.2 Å². The molecule has 140 valence electrons. The van der Waals surface area contributed by atoms with Crippen LogP contribution >= 0.6 is 11.3 Å². The maximum absolute atomic E-state index is 12.1. The zero-order valence-electron chi connectivity index (χ0n) is 15.1. The van der Waals surface area contributed by atoms with Crippen molar-refractivity contribution in [2.24, 2.45) is 0 Å². The van der Waals surface area contributed by atoms with Gasteiger partial charge in [0.25, 0.3) is 0 Å². The van der Waals surface area contributed by atoms with Crippen LogP contribution < -0.4 is 5.32 Å². The molecule has 4 rings (SSSR count). The molecule has 8 heteroatoms.